The Hall–Kier alpha value is -1.56. The van der Waals surface area contributed by atoms with Crippen molar-refractivity contribution in [3.8, 4) is 0 Å². The van der Waals surface area contributed by atoms with Crippen molar-refractivity contribution in [1.82, 2.24) is 14.5 Å². The van der Waals surface area contributed by atoms with E-state index < -0.39 is 5.97 Å². The largest absolute Gasteiger partial charge is 0.481 e. The molecule has 1 N–H and O–H groups in total. The SMILES string of the molecule is O=C(O)CSc1nc2cccnc2n1CCC1CCCC1. The molecule has 5 nitrogen and oxygen atoms in total. The van der Waals surface area contributed by atoms with E-state index in [1.165, 1.54) is 37.4 Å². The zero-order valence-corrected chi connectivity index (χ0v) is 12.7. The highest BCUT2D eigenvalue weighted by Gasteiger charge is 2.18. The summed E-state index contributed by atoms with van der Waals surface area (Å²) < 4.78 is 2.08. The summed E-state index contributed by atoms with van der Waals surface area (Å²) in [6, 6.07) is 3.79. The molecule has 2 aromatic heterocycles. The van der Waals surface area contributed by atoms with Gasteiger partial charge in [0, 0.05) is 12.7 Å². The van der Waals surface area contributed by atoms with Gasteiger partial charge in [-0.3, -0.25) is 4.79 Å². The molecule has 0 radical (unpaired) electrons. The van der Waals surface area contributed by atoms with Gasteiger partial charge in [0.15, 0.2) is 10.8 Å². The first-order valence-electron chi connectivity index (χ1n) is 7.40. The minimum atomic E-state index is -0.817. The summed E-state index contributed by atoms with van der Waals surface area (Å²) in [5.41, 5.74) is 1.71. The Morgan fingerprint density at radius 3 is 3.00 bits per heavy atom. The number of hydrogen-bond acceptors (Lipinski definition) is 4. The van der Waals surface area contributed by atoms with Crippen molar-refractivity contribution >= 4 is 28.9 Å². The minimum Gasteiger partial charge on any atom is -0.481 e. The molecule has 0 amide bonds. The Kier molecular flexibility index (Phi) is 4.43. The van der Waals surface area contributed by atoms with E-state index in [2.05, 4.69) is 14.5 Å². The molecule has 0 atom stereocenters. The third kappa shape index (κ3) is 3.37. The number of aromatic nitrogens is 3. The van der Waals surface area contributed by atoms with Crippen LogP contribution in [0.5, 0.6) is 0 Å². The zero-order valence-electron chi connectivity index (χ0n) is 11.9. The number of nitrogens with zero attached hydrogens (tertiary/aromatic N) is 3. The molecule has 112 valence electrons. The maximum absolute atomic E-state index is 10.8. The number of carboxylic acids is 1. The Morgan fingerprint density at radius 1 is 1.43 bits per heavy atom. The summed E-state index contributed by atoms with van der Waals surface area (Å²) in [5, 5.41) is 9.64. The van der Waals surface area contributed by atoms with E-state index in [-0.39, 0.29) is 5.75 Å². The topological polar surface area (TPSA) is 68.0 Å². The van der Waals surface area contributed by atoms with E-state index in [9.17, 15) is 4.79 Å². The van der Waals surface area contributed by atoms with Gasteiger partial charge >= 0.3 is 5.97 Å². The fraction of sp³-hybridized carbons (Fsp3) is 0.533. The van der Waals surface area contributed by atoms with Crippen LogP contribution in [-0.2, 0) is 11.3 Å². The van der Waals surface area contributed by atoms with Gasteiger partial charge in [0.25, 0.3) is 0 Å². The van der Waals surface area contributed by atoms with Gasteiger partial charge in [0.1, 0.15) is 5.52 Å². The fourth-order valence-electron chi connectivity index (χ4n) is 2.99. The van der Waals surface area contributed by atoms with Gasteiger partial charge in [-0.15, -0.1) is 0 Å². The van der Waals surface area contributed by atoms with E-state index in [0.717, 1.165) is 35.2 Å². The average Bonchev–Trinajstić information content (AvgIpc) is 3.10. The quantitative estimate of drug-likeness (QED) is 0.830. The Morgan fingerprint density at radius 2 is 2.24 bits per heavy atom. The summed E-state index contributed by atoms with van der Waals surface area (Å²) in [6.45, 7) is 0.875. The molecule has 0 bridgehead atoms. The van der Waals surface area contributed by atoms with Crippen LogP contribution in [0.3, 0.4) is 0 Å². The highest BCUT2D eigenvalue weighted by molar-refractivity contribution is 7.99. The molecule has 0 unspecified atom stereocenters. The molecule has 1 fully saturated rings. The lowest BCUT2D eigenvalue weighted by Gasteiger charge is -2.11. The van der Waals surface area contributed by atoms with E-state index >= 15 is 0 Å². The molecule has 1 aliphatic carbocycles. The number of carbonyl (C=O) groups is 1. The number of imidazole rings is 1. The van der Waals surface area contributed by atoms with E-state index in [1.807, 2.05) is 12.1 Å². The molecule has 6 heteroatoms. The first-order valence-corrected chi connectivity index (χ1v) is 8.38. The predicted molar refractivity (Wildman–Crippen MR) is 82.5 cm³/mol. The molecule has 0 aliphatic heterocycles. The second-order valence-electron chi connectivity index (χ2n) is 5.51. The van der Waals surface area contributed by atoms with Crippen LogP contribution < -0.4 is 0 Å². The highest BCUT2D eigenvalue weighted by atomic mass is 32.2. The first kappa shape index (κ1) is 14.4. The van der Waals surface area contributed by atoms with E-state index in [1.54, 1.807) is 6.20 Å². The van der Waals surface area contributed by atoms with Gasteiger partial charge in [-0.05, 0) is 24.5 Å². The third-order valence-electron chi connectivity index (χ3n) is 4.03. The molecular weight excluding hydrogens is 286 g/mol. The molecule has 0 saturated heterocycles. The van der Waals surface area contributed by atoms with Crippen molar-refractivity contribution in [3.05, 3.63) is 18.3 Å². The monoisotopic (exact) mass is 305 g/mol. The summed E-state index contributed by atoms with van der Waals surface area (Å²) in [5.74, 6) is 0.0121. The second-order valence-corrected chi connectivity index (χ2v) is 6.46. The molecule has 2 aromatic rings. The van der Waals surface area contributed by atoms with Crippen LogP contribution in [-0.4, -0.2) is 31.4 Å². The number of fused-ring (bicyclic) bond motifs is 1. The minimum absolute atomic E-state index is 0.0345. The Labute approximate surface area is 127 Å². The van der Waals surface area contributed by atoms with Crippen molar-refractivity contribution in [2.45, 2.75) is 43.8 Å². The predicted octanol–water partition coefficient (Wildman–Crippen LogP) is 3.19. The van der Waals surface area contributed by atoms with Gasteiger partial charge in [0.05, 0.1) is 5.75 Å². The standard InChI is InChI=1S/C15H19N3O2S/c19-13(20)10-21-15-17-12-6-3-8-16-14(12)18(15)9-7-11-4-1-2-5-11/h3,6,8,11H,1-2,4-5,7,9-10H2,(H,19,20). The maximum atomic E-state index is 10.8. The van der Waals surface area contributed by atoms with Gasteiger partial charge in [0.2, 0.25) is 0 Å². The molecule has 1 saturated carbocycles. The second kappa shape index (κ2) is 6.47. The van der Waals surface area contributed by atoms with Gasteiger partial charge in [-0.2, -0.15) is 0 Å². The number of thioether (sulfide) groups is 1. The lowest BCUT2D eigenvalue weighted by Crippen LogP contribution is -2.07. The number of rotatable bonds is 6. The first-order chi connectivity index (χ1) is 10.2. The zero-order chi connectivity index (χ0) is 14.7. The van der Waals surface area contributed by atoms with Crippen LogP contribution in [0.25, 0.3) is 11.2 Å². The van der Waals surface area contributed by atoms with Crippen molar-refractivity contribution in [3.63, 3.8) is 0 Å². The molecule has 21 heavy (non-hydrogen) atoms. The van der Waals surface area contributed by atoms with Crippen LogP contribution in [0.4, 0.5) is 0 Å². The number of pyridine rings is 1. The molecular formula is C15H19N3O2S. The number of hydrogen-bond donors (Lipinski definition) is 1. The van der Waals surface area contributed by atoms with E-state index in [4.69, 9.17) is 5.11 Å². The van der Waals surface area contributed by atoms with Gasteiger partial charge in [-0.1, -0.05) is 37.4 Å². The number of carboxylic acid groups (broad SMARTS) is 1. The summed E-state index contributed by atoms with van der Waals surface area (Å²) in [4.78, 5) is 19.7. The van der Waals surface area contributed by atoms with Crippen LogP contribution in [0, 0.1) is 5.92 Å². The summed E-state index contributed by atoms with van der Waals surface area (Å²) in [7, 11) is 0. The summed E-state index contributed by atoms with van der Waals surface area (Å²) in [6.07, 6.45) is 8.21. The van der Waals surface area contributed by atoms with Crippen molar-refractivity contribution in [2.24, 2.45) is 5.92 Å². The number of aryl methyl sites for hydroxylation is 1. The molecule has 2 heterocycles. The fourth-order valence-corrected chi connectivity index (χ4v) is 3.74. The average molecular weight is 305 g/mol. The number of aliphatic carboxylic acids is 1. The molecule has 1 aliphatic rings. The Balaban J connectivity index is 1.81. The maximum Gasteiger partial charge on any atom is 0.313 e. The van der Waals surface area contributed by atoms with Crippen LogP contribution in [0.2, 0.25) is 0 Å². The van der Waals surface area contributed by atoms with Crippen molar-refractivity contribution in [2.75, 3.05) is 5.75 Å². The van der Waals surface area contributed by atoms with E-state index in [0.29, 0.717) is 0 Å². The van der Waals surface area contributed by atoms with Crippen LogP contribution >= 0.6 is 11.8 Å². The summed E-state index contributed by atoms with van der Waals surface area (Å²) >= 11 is 1.28. The molecule has 3 rings (SSSR count). The van der Waals surface area contributed by atoms with Crippen molar-refractivity contribution < 1.29 is 9.90 Å². The van der Waals surface area contributed by atoms with Crippen LogP contribution in [0.1, 0.15) is 32.1 Å². The molecule has 0 aromatic carbocycles. The Bertz CT molecular complexity index is 635. The lowest BCUT2D eigenvalue weighted by molar-refractivity contribution is -0.133. The highest BCUT2D eigenvalue weighted by Crippen LogP contribution is 2.30. The van der Waals surface area contributed by atoms with Crippen LogP contribution in [0.15, 0.2) is 23.5 Å². The third-order valence-corrected chi connectivity index (χ3v) is 4.99. The van der Waals surface area contributed by atoms with Crippen molar-refractivity contribution in [1.29, 1.82) is 0 Å². The smallest absolute Gasteiger partial charge is 0.313 e. The van der Waals surface area contributed by atoms with Gasteiger partial charge < -0.3 is 9.67 Å². The molecule has 0 spiro atoms. The lowest BCUT2D eigenvalue weighted by atomic mass is 10.0. The van der Waals surface area contributed by atoms with Gasteiger partial charge in [-0.25, -0.2) is 9.97 Å². The normalized spacial score (nSPS) is 15.8.